The normalized spacial score (nSPS) is 19.9. The van der Waals surface area contributed by atoms with E-state index in [-0.39, 0.29) is 11.6 Å². The standard InChI is InChI=1S/C17H19N3OS/c21-16-15-13(11-14(22-15)12-5-9-18-10-6-12)19-17(20-16)7-3-1-2-4-8-17/h5-6,9-11,19H,1-4,7-8H2,(H,20,21). The lowest BCUT2D eigenvalue weighted by molar-refractivity contribution is 0.0896. The van der Waals surface area contributed by atoms with Crippen molar-refractivity contribution in [2.75, 3.05) is 5.32 Å². The molecule has 1 aliphatic heterocycles. The minimum Gasteiger partial charge on any atom is -0.361 e. The predicted molar refractivity (Wildman–Crippen MR) is 89.1 cm³/mol. The van der Waals surface area contributed by atoms with Gasteiger partial charge in [0.05, 0.1) is 5.69 Å². The van der Waals surface area contributed by atoms with Crippen molar-refractivity contribution >= 4 is 22.9 Å². The van der Waals surface area contributed by atoms with Gasteiger partial charge in [0.15, 0.2) is 0 Å². The Hall–Kier alpha value is -1.88. The van der Waals surface area contributed by atoms with Gasteiger partial charge in [-0.25, -0.2) is 0 Å². The Labute approximate surface area is 134 Å². The summed E-state index contributed by atoms with van der Waals surface area (Å²) in [6.45, 7) is 0. The van der Waals surface area contributed by atoms with E-state index < -0.39 is 0 Å². The first kappa shape index (κ1) is 13.8. The van der Waals surface area contributed by atoms with Crippen LogP contribution in [0.25, 0.3) is 10.4 Å². The first-order chi connectivity index (χ1) is 10.8. The minimum absolute atomic E-state index is 0.0703. The van der Waals surface area contributed by atoms with Gasteiger partial charge in [-0.2, -0.15) is 0 Å². The number of nitrogens with one attached hydrogen (secondary N) is 2. The monoisotopic (exact) mass is 313 g/mol. The zero-order valence-electron chi connectivity index (χ0n) is 12.4. The number of amides is 1. The second-order valence-electron chi connectivity index (χ2n) is 6.16. The van der Waals surface area contributed by atoms with Crippen molar-refractivity contribution in [3.8, 4) is 10.4 Å². The number of hydrogen-bond acceptors (Lipinski definition) is 4. The van der Waals surface area contributed by atoms with Gasteiger partial charge in [0.1, 0.15) is 10.5 Å². The van der Waals surface area contributed by atoms with Crippen molar-refractivity contribution in [3.05, 3.63) is 35.5 Å². The van der Waals surface area contributed by atoms with Crippen molar-refractivity contribution in [1.82, 2.24) is 10.3 Å². The predicted octanol–water partition coefficient (Wildman–Crippen LogP) is 4.02. The second-order valence-corrected chi connectivity index (χ2v) is 7.22. The molecule has 5 heteroatoms. The van der Waals surface area contributed by atoms with Gasteiger partial charge in [0.25, 0.3) is 5.91 Å². The molecule has 2 aromatic rings. The van der Waals surface area contributed by atoms with Gasteiger partial charge in [0.2, 0.25) is 0 Å². The van der Waals surface area contributed by atoms with Crippen LogP contribution in [0.2, 0.25) is 0 Å². The first-order valence-corrected chi connectivity index (χ1v) is 8.72. The average Bonchev–Trinajstić information content (AvgIpc) is 2.84. The molecule has 0 radical (unpaired) electrons. The number of thiophene rings is 1. The highest BCUT2D eigenvalue weighted by atomic mass is 32.1. The molecule has 2 aliphatic rings. The summed E-state index contributed by atoms with van der Waals surface area (Å²) in [4.78, 5) is 18.5. The molecule has 0 saturated heterocycles. The molecule has 0 aromatic carbocycles. The lowest BCUT2D eigenvalue weighted by Crippen LogP contribution is -2.56. The Morgan fingerprint density at radius 1 is 1.05 bits per heavy atom. The molecule has 1 saturated carbocycles. The highest BCUT2D eigenvalue weighted by Gasteiger charge is 2.38. The molecular formula is C17H19N3OS. The zero-order valence-corrected chi connectivity index (χ0v) is 13.2. The number of anilines is 1. The molecule has 2 N–H and O–H groups in total. The van der Waals surface area contributed by atoms with Crippen LogP contribution in [0.1, 0.15) is 48.2 Å². The van der Waals surface area contributed by atoms with E-state index in [1.807, 2.05) is 12.1 Å². The van der Waals surface area contributed by atoms with Crippen LogP contribution in [0.3, 0.4) is 0 Å². The first-order valence-electron chi connectivity index (χ1n) is 7.91. The van der Waals surface area contributed by atoms with E-state index in [0.29, 0.717) is 0 Å². The van der Waals surface area contributed by atoms with Crippen LogP contribution in [-0.4, -0.2) is 16.6 Å². The fraction of sp³-hybridized carbons (Fsp3) is 0.412. The topological polar surface area (TPSA) is 54.0 Å². The third-order valence-electron chi connectivity index (χ3n) is 4.59. The summed E-state index contributed by atoms with van der Waals surface area (Å²) in [7, 11) is 0. The van der Waals surface area contributed by atoms with Crippen molar-refractivity contribution in [3.63, 3.8) is 0 Å². The van der Waals surface area contributed by atoms with Crippen LogP contribution in [0.5, 0.6) is 0 Å². The molecular weight excluding hydrogens is 294 g/mol. The van der Waals surface area contributed by atoms with Gasteiger partial charge < -0.3 is 10.6 Å². The molecule has 0 unspecified atom stereocenters. The van der Waals surface area contributed by atoms with E-state index >= 15 is 0 Å². The van der Waals surface area contributed by atoms with Crippen molar-refractivity contribution in [2.24, 2.45) is 0 Å². The molecule has 1 amide bonds. The molecule has 3 heterocycles. The molecule has 0 bridgehead atoms. The van der Waals surface area contributed by atoms with Gasteiger partial charge in [-0.3, -0.25) is 9.78 Å². The Kier molecular flexibility index (Phi) is 3.37. The number of carbonyl (C=O) groups is 1. The number of nitrogens with zero attached hydrogens (tertiary/aromatic N) is 1. The summed E-state index contributed by atoms with van der Waals surface area (Å²) in [5, 5.41) is 6.88. The molecule has 0 atom stereocenters. The Morgan fingerprint density at radius 2 is 1.77 bits per heavy atom. The Balaban J connectivity index is 1.69. The van der Waals surface area contributed by atoms with Gasteiger partial charge in [-0.1, -0.05) is 12.8 Å². The molecule has 1 aliphatic carbocycles. The van der Waals surface area contributed by atoms with Gasteiger partial charge in [0, 0.05) is 17.3 Å². The number of carbonyl (C=O) groups excluding carboxylic acids is 1. The fourth-order valence-electron chi connectivity index (χ4n) is 3.46. The summed E-state index contributed by atoms with van der Waals surface area (Å²) >= 11 is 1.55. The molecule has 1 fully saturated rings. The molecule has 4 rings (SSSR count). The average molecular weight is 313 g/mol. The highest BCUT2D eigenvalue weighted by molar-refractivity contribution is 7.18. The molecule has 114 valence electrons. The van der Waals surface area contributed by atoms with E-state index in [2.05, 4.69) is 21.7 Å². The summed E-state index contributed by atoms with van der Waals surface area (Å²) in [5.74, 6) is 0.0703. The van der Waals surface area contributed by atoms with Crippen LogP contribution in [-0.2, 0) is 0 Å². The van der Waals surface area contributed by atoms with Crippen LogP contribution >= 0.6 is 11.3 Å². The van der Waals surface area contributed by atoms with E-state index in [1.165, 1.54) is 25.7 Å². The van der Waals surface area contributed by atoms with Crippen molar-refractivity contribution in [1.29, 1.82) is 0 Å². The van der Waals surface area contributed by atoms with Gasteiger partial charge >= 0.3 is 0 Å². The lowest BCUT2D eigenvalue weighted by atomic mass is 9.97. The fourth-order valence-corrected chi connectivity index (χ4v) is 4.47. The molecule has 22 heavy (non-hydrogen) atoms. The summed E-state index contributed by atoms with van der Waals surface area (Å²) in [6.07, 6.45) is 10.5. The molecule has 1 spiro atoms. The van der Waals surface area contributed by atoms with E-state index in [4.69, 9.17) is 0 Å². The van der Waals surface area contributed by atoms with Gasteiger partial charge in [-0.05, 0) is 49.4 Å². The third-order valence-corrected chi connectivity index (χ3v) is 5.77. The number of aromatic nitrogens is 1. The summed E-state index contributed by atoms with van der Waals surface area (Å²) < 4.78 is 0. The minimum atomic E-state index is -0.239. The lowest BCUT2D eigenvalue weighted by Gasteiger charge is -2.39. The maximum Gasteiger partial charge on any atom is 0.265 e. The number of rotatable bonds is 1. The van der Waals surface area contributed by atoms with Crippen LogP contribution < -0.4 is 10.6 Å². The number of pyridine rings is 1. The van der Waals surface area contributed by atoms with Crippen LogP contribution in [0.4, 0.5) is 5.69 Å². The van der Waals surface area contributed by atoms with E-state index in [9.17, 15) is 4.79 Å². The Morgan fingerprint density at radius 3 is 2.50 bits per heavy atom. The summed E-state index contributed by atoms with van der Waals surface area (Å²) in [5.41, 5.74) is 1.86. The largest absolute Gasteiger partial charge is 0.361 e. The maximum atomic E-state index is 12.6. The number of hydrogen-bond donors (Lipinski definition) is 2. The van der Waals surface area contributed by atoms with E-state index in [0.717, 1.165) is 33.8 Å². The molecule has 2 aromatic heterocycles. The van der Waals surface area contributed by atoms with Crippen LogP contribution in [0.15, 0.2) is 30.6 Å². The van der Waals surface area contributed by atoms with Crippen LogP contribution in [0, 0.1) is 0 Å². The van der Waals surface area contributed by atoms with E-state index in [1.54, 1.807) is 23.7 Å². The maximum absolute atomic E-state index is 12.6. The van der Waals surface area contributed by atoms with Crippen molar-refractivity contribution in [2.45, 2.75) is 44.2 Å². The van der Waals surface area contributed by atoms with Gasteiger partial charge in [-0.15, -0.1) is 11.3 Å². The summed E-state index contributed by atoms with van der Waals surface area (Å²) in [6, 6.07) is 6.08. The SMILES string of the molecule is O=C1NC2(CCCCCC2)Nc2cc(-c3ccncc3)sc21. The Bertz CT molecular complexity index is 687. The smallest absolute Gasteiger partial charge is 0.265 e. The highest BCUT2D eigenvalue weighted by Crippen LogP contribution is 2.40. The molecule has 4 nitrogen and oxygen atoms in total. The quantitative estimate of drug-likeness (QED) is 0.836. The second kappa shape index (κ2) is 5.39. The zero-order chi connectivity index (χ0) is 15.0. The number of fused-ring (bicyclic) bond motifs is 1. The third kappa shape index (κ3) is 2.39. The van der Waals surface area contributed by atoms with Crippen molar-refractivity contribution < 1.29 is 4.79 Å².